The molecule has 25 heavy (non-hydrogen) atoms. The molecule has 0 bridgehead atoms. The maximum atomic E-state index is 11.8. The summed E-state index contributed by atoms with van der Waals surface area (Å²) in [5.41, 5.74) is 0.652. The van der Waals surface area contributed by atoms with Crippen LogP contribution in [0, 0.1) is 29.1 Å². The highest BCUT2D eigenvalue weighted by Gasteiger charge is 2.62. The average Bonchev–Trinajstić information content (AvgIpc) is 2.93. The second kappa shape index (κ2) is 6.35. The van der Waals surface area contributed by atoms with Gasteiger partial charge < -0.3 is 10.2 Å². The Morgan fingerprint density at radius 1 is 1.16 bits per heavy atom. The molecule has 0 aromatic rings. The van der Waals surface area contributed by atoms with Crippen molar-refractivity contribution in [2.24, 2.45) is 29.1 Å². The lowest BCUT2D eigenvalue weighted by atomic mass is 9.49. The molecular formula is C22H32O3. The fourth-order valence-electron chi connectivity index (χ4n) is 7.29. The van der Waals surface area contributed by atoms with Crippen LogP contribution < -0.4 is 0 Å². The zero-order valence-electron chi connectivity index (χ0n) is 15.4. The number of aliphatic hydroxyl groups excluding tert-OH is 1. The Balaban J connectivity index is 1.64. The first-order chi connectivity index (χ1) is 12.0. The van der Waals surface area contributed by atoms with Gasteiger partial charge in [-0.3, -0.25) is 4.79 Å². The fourth-order valence-corrected chi connectivity index (χ4v) is 7.29. The van der Waals surface area contributed by atoms with Gasteiger partial charge in [0.15, 0.2) is 5.78 Å². The number of allylic oxidation sites excluding steroid dienone is 1. The topological polar surface area (TPSA) is 57.5 Å². The number of ketones is 1. The predicted octanol–water partition coefficient (Wildman–Crippen LogP) is 3.80. The van der Waals surface area contributed by atoms with Gasteiger partial charge in [0.05, 0.1) is 12.2 Å². The first-order valence-corrected chi connectivity index (χ1v) is 10.3. The number of hydrogen-bond acceptors (Lipinski definition) is 3. The minimum absolute atomic E-state index is 0.00306. The molecule has 0 saturated heterocycles. The molecule has 3 fully saturated rings. The highest BCUT2D eigenvalue weighted by Crippen LogP contribution is 2.66. The van der Waals surface area contributed by atoms with Crippen molar-refractivity contribution in [3.05, 3.63) is 23.8 Å². The molecule has 0 aromatic carbocycles. The lowest BCUT2D eigenvalue weighted by Crippen LogP contribution is -2.53. The lowest BCUT2D eigenvalue weighted by molar-refractivity contribution is -0.117. The van der Waals surface area contributed by atoms with Gasteiger partial charge in [-0.05, 0) is 81.1 Å². The number of aliphatic hydroxyl groups is 2. The van der Waals surface area contributed by atoms with Crippen molar-refractivity contribution in [1.29, 1.82) is 0 Å². The largest absolute Gasteiger partial charge is 0.392 e. The zero-order chi connectivity index (χ0) is 17.7. The first kappa shape index (κ1) is 17.5. The number of carbonyl (C=O) groups excluding carboxylic acids is 1. The van der Waals surface area contributed by atoms with Gasteiger partial charge in [-0.25, -0.2) is 0 Å². The summed E-state index contributed by atoms with van der Waals surface area (Å²) in [5, 5.41) is 20.7. The third kappa shape index (κ3) is 2.49. The van der Waals surface area contributed by atoms with Gasteiger partial charge in [0, 0.05) is 11.8 Å². The van der Waals surface area contributed by atoms with E-state index in [1.54, 1.807) is 6.08 Å². The molecule has 6 atom stereocenters. The van der Waals surface area contributed by atoms with Crippen molar-refractivity contribution in [2.45, 2.75) is 70.3 Å². The summed E-state index contributed by atoms with van der Waals surface area (Å²) in [5.74, 6) is 2.94. The molecule has 0 spiro atoms. The fraction of sp³-hybridized carbons (Fsp3) is 0.773. The standard InChI is InChI=1S/C22H32O3/c1-2-21-11-8-18-17-7-5-16(24)14-15(17)4-6-19(18)20(21)9-12-22(21,25)10-3-13-23/h3,10,14,17-20,23,25H,2,4-9,11-13H2,1H3/t17-,18?,19?,20?,21-,22-/m0/s1. The van der Waals surface area contributed by atoms with E-state index in [1.165, 1.54) is 18.4 Å². The van der Waals surface area contributed by atoms with E-state index >= 15 is 0 Å². The van der Waals surface area contributed by atoms with Crippen molar-refractivity contribution in [2.75, 3.05) is 6.61 Å². The van der Waals surface area contributed by atoms with E-state index in [2.05, 4.69) is 6.92 Å². The Morgan fingerprint density at radius 3 is 2.76 bits per heavy atom. The Morgan fingerprint density at radius 2 is 2.00 bits per heavy atom. The van der Waals surface area contributed by atoms with Crippen LogP contribution in [-0.4, -0.2) is 28.2 Å². The molecule has 0 aliphatic heterocycles. The minimum atomic E-state index is -0.751. The third-order valence-corrected chi connectivity index (χ3v) is 8.34. The normalized spacial score (nSPS) is 46.5. The van der Waals surface area contributed by atoms with E-state index in [9.17, 15) is 15.0 Å². The van der Waals surface area contributed by atoms with Crippen molar-refractivity contribution in [1.82, 2.24) is 0 Å². The summed E-state index contributed by atoms with van der Waals surface area (Å²) in [6, 6.07) is 0. The molecule has 3 unspecified atom stereocenters. The van der Waals surface area contributed by atoms with E-state index in [-0.39, 0.29) is 12.0 Å². The predicted molar refractivity (Wildman–Crippen MR) is 97.9 cm³/mol. The van der Waals surface area contributed by atoms with Gasteiger partial charge in [-0.15, -0.1) is 0 Å². The number of carbonyl (C=O) groups is 1. The zero-order valence-corrected chi connectivity index (χ0v) is 15.4. The first-order valence-electron chi connectivity index (χ1n) is 10.3. The van der Waals surface area contributed by atoms with Crippen LogP contribution in [0.3, 0.4) is 0 Å². The third-order valence-electron chi connectivity index (χ3n) is 8.34. The molecule has 4 aliphatic rings. The Labute approximate surface area is 151 Å². The highest BCUT2D eigenvalue weighted by atomic mass is 16.3. The van der Waals surface area contributed by atoms with Gasteiger partial charge in [0.1, 0.15) is 0 Å². The number of fused-ring (bicyclic) bond motifs is 5. The van der Waals surface area contributed by atoms with Crippen LogP contribution in [0.4, 0.5) is 0 Å². The van der Waals surface area contributed by atoms with E-state index in [0.717, 1.165) is 44.9 Å². The van der Waals surface area contributed by atoms with E-state index in [4.69, 9.17) is 0 Å². The molecule has 3 saturated carbocycles. The second-order valence-electron chi connectivity index (χ2n) is 8.90. The molecule has 4 aliphatic carbocycles. The maximum Gasteiger partial charge on any atom is 0.155 e. The van der Waals surface area contributed by atoms with Crippen molar-refractivity contribution >= 4 is 5.78 Å². The van der Waals surface area contributed by atoms with Crippen LogP contribution in [0.15, 0.2) is 23.8 Å². The summed E-state index contributed by atoms with van der Waals surface area (Å²) in [6.45, 7) is 2.24. The quantitative estimate of drug-likeness (QED) is 0.766. The summed E-state index contributed by atoms with van der Waals surface area (Å²) < 4.78 is 0. The van der Waals surface area contributed by atoms with Crippen molar-refractivity contribution in [3.63, 3.8) is 0 Å². The van der Waals surface area contributed by atoms with Crippen LogP contribution in [0.2, 0.25) is 0 Å². The van der Waals surface area contributed by atoms with Crippen LogP contribution >= 0.6 is 0 Å². The average molecular weight is 344 g/mol. The highest BCUT2D eigenvalue weighted by molar-refractivity contribution is 5.91. The van der Waals surface area contributed by atoms with Crippen LogP contribution in [0.5, 0.6) is 0 Å². The molecular weight excluding hydrogens is 312 g/mol. The molecule has 2 N–H and O–H groups in total. The van der Waals surface area contributed by atoms with E-state index in [0.29, 0.717) is 29.5 Å². The van der Waals surface area contributed by atoms with Gasteiger partial charge in [0.25, 0.3) is 0 Å². The minimum Gasteiger partial charge on any atom is -0.392 e. The maximum absolute atomic E-state index is 11.8. The van der Waals surface area contributed by atoms with Gasteiger partial charge in [0.2, 0.25) is 0 Å². The van der Waals surface area contributed by atoms with Crippen LogP contribution in [0.1, 0.15) is 64.7 Å². The van der Waals surface area contributed by atoms with Crippen molar-refractivity contribution < 1.29 is 15.0 Å². The summed E-state index contributed by atoms with van der Waals surface area (Å²) >= 11 is 0. The lowest BCUT2D eigenvalue weighted by Gasteiger charge is -2.56. The monoisotopic (exact) mass is 344 g/mol. The molecule has 0 radical (unpaired) electrons. The summed E-state index contributed by atoms with van der Waals surface area (Å²) in [7, 11) is 0. The smallest absolute Gasteiger partial charge is 0.155 e. The molecule has 0 aromatic heterocycles. The molecule has 4 rings (SSSR count). The van der Waals surface area contributed by atoms with E-state index in [1.807, 2.05) is 12.2 Å². The summed E-state index contributed by atoms with van der Waals surface area (Å²) in [4.78, 5) is 11.8. The molecule has 138 valence electrons. The molecule has 3 nitrogen and oxygen atoms in total. The molecule has 0 heterocycles. The van der Waals surface area contributed by atoms with Gasteiger partial charge in [-0.2, -0.15) is 0 Å². The second-order valence-corrected chi connectivity index (χ2v) is 8.90. The van der Waals surface area contributed by atoms with Gasteiger partial charge in [-0.1, -0.05) is 24.6 Å². The Hall–Kier alpha value is -0.930. The molecule has 0 amide bonds. The molecule has 3 heteroatoms. The Kier molecular flexibility index (Phi) is 4.44. The SMILES string of the molecule is CC[C@]12CCC3C(CCC4=CC(=O)CC[C@@H]43)C1CC[C@@]2(O)C=CCO. The number of rotatable bonds is 3. The Bertz CT molecular complexity index is 606. The summed E-state index contributed by atoms with van der Waals surface area (Å²) in [6.07, 6.45) is 14.9. The van der Waals surface area contributed by atoms with Gasteiger partial charge >= 0.3 is 0 Å². The van der Waals surface area contributed by atoms with E-state index < -0.39 is 5.60 Å². The van der Waals surface area contributed by atoms with Crippen LogP contribution in [-0.2, 0) is 4.79 Å². The van der Waals surface area contributed by atoms with Crippen LogP contribution in [0.25, 0.3) is 0 Å². The van der Waals surface area contributed by atoms with Crippen molar-refractivity contribution in [3.8, 4) is 0 Å². The number of hydrogen-bond donors (Lipinski definition) is 2.